The molecule has 0 heterocycles. The van der Waals surface area contributed by atoms with Crippen molar-refractivity contribution in [3.63, 3.8) is 0 Å². The summed E-state index contributed by atoms with van der Waals surface area (Å²) in [4.78, 5) is 13.1. The van der Waals surface area contributed by atoms with E-state index in [4.69, 9.17) is 5.11 Å². The summed E-state index contributed by atoms with van der Waals surface area (Å²) in [6.07, 6.45) is 0.610. The Balaban J connectivity index is 2.19. The van der Waals surface area contributed by atoms with Crippen LogP contribution in [0.15, 0.2) is 60.7 Å². The number of hydrogen-bond acceptors (Lipinski definition) is 2. The number of carboxylic acids is 1. The van der Waals surface area contributed by atoms with E-state index < -0.39 is 5.97 Å². The van der Waals surface area contributed by atoms with Crippen LogP contribution in [-0.2, 0) is 4.79 Å². The molecule has 2 rings (SSSR count). The number of nitrogens with zero attached hydrogens (tertiary/aromatic N) is 1. The Kier molecular flexibility index (Phi) is 4.77. The van der Waals surface area contributed by atoms with Crippen molar-refractivity contribution in [3.05, 3.63) is 60.7 Å². The highest BCUT2D eigenvalue weighted by Gasteiger charge is 2.14. The number of anilines is 2. The van der Waals surface area contributed by atoms with Gasteiger partial charge in [0.05, 0.1) is 5.92 Å². The topological polar surface area (TPSA) is 40.5 Å². The van der Waals surface area contributed by atoms with Gasteiger partial charge in [-0.05, 0) is 30.7 Å². The lowest BCUT2D eigenvalue weighted by atomic mass is 10.1. The molecule has 2 aromatic carbocycles. The molecular weight excluding hydrogens is 250 g/mol. The second-order valence-corrected chi connectivity index (χ2v) is 4.85. The fourth-order valence-electron chi connectivity index (χ4n) is 2.07. The lowest BCUT2D eigenvalue weighted by molar-refractivity contribution is -0.141. The molecule has 0 spiro atoms. The van der Waals surface area contributed by atoms with E-state index >= 15 is 0 Å². The minimum atomic E-state index is -0.744. The molecule has 3 nitrogen and oxygen atoms in total. The van der Waals surface area contributed by atoms with Crippen LogP contribution in [0.5, 0.6) is 0 Å². The van der Waals surface area contributed by atoms with Crippen molar-refractivity contribution in [2.75, 3.05) is 11.4 Å². The van der Waals surface area contributed by atoms with Gasteiger partial charge in [-0.1, -0.05) is 43.3 Å². The van der Waals surface area contributed by atoms with Gasteiger partial charge in [-0.25, -0.2) is 0 Å². The smallest absolute Gasteiger partial charge is 0.306 e. The predicted octanol–water partition coefficient (Wildman–Crippen LogP) is 3.94. The standard InChI is InChI=1S/C17H19NO2/c1-14(17(19)20)12-13-18(15-8-4-2-5-9-15)16-10-6-3-7-11-16/h2-11,14H,12-13H2,1H3,(H,19,20). The molecule has 1 atom stereocenters. The molecule has 0 aliphatic rings. The highest BCUT2D eigenvalue weighted by molar-refractivity contribution is 5.70. The summed E-state index contributed by atoms with van der Waals surface area (Å²) in [5.41, 5.74) is 2.16. The molecule has 104 valence electrons. The van der Waals surface area contributed by atoms with Gasteiger partial charge in [0.15, 0.2) is 0 Å². The third-order valence-corrected chi connectivity index (χ3v) is 3.34. The molecule has 0 aromatic heterocycles. The number of aliphatic carboxylic acids is 1. The van der Waals surface area contributed by atoms with E-state index in [2.05, 4.69) is 4.90 Å². The molecule has 1 unspecified atom stereocenters. The van der Waals surface area contributed by atoms with Gasteiger partial charge in [0.2, 0.25) is 0 Å². The molecule has 0 aliphatic heterocycles. The first-order chi connectivity index (χ1) is 9.68. The van der Waals surface area contributed by atoms with Crippen LogP contribution in [0.4, 0.5) is 11.4 Å². The zero-order valence-electron chi connectivity index (χ0n) is 11.6. The zero-order chi connectivity index (χ0) is 14.4. The van der Waals surface area contributed by atoms with Gasteiger partial charge >= 0.3 is 5.97 Å². The van der Waals surface area contributed by atoms with E-state index in [-0.39, 0.29) is 5.92 Å². The van der Waals surface area contributed by atoms with Crippen LogP contribution in [0.2, 0.25) is 0 Å². The molecule has 1 N–H and O–H groups in total. The van der Waals surface area contributed by atoms with Gasteiger partial charge < -0.3 is 10.0 Å². The Morgan fingerprint density at radius 1 is 1.00 bits per heavy atom. The van der Waals surface area contributed by atoms with Crippen LogP contribution in [0.25, 0.3) is 0 Å². The monoisotopic (exact) mass is 269 g/mol. The van der Waals surface area contributed by atoms with Gasteiger partial charge in [-0.3, -0.25) is 4.79 Å². The largest absolute Gasteiger partial charge is 0.481 e. The number of hydrogen-bond donors (Lipinski definition) is 1. The maximum atomic E-state index is 11.0. The summed E-state index contributed by atoms with van der Waals surface area (Å²) in [5.74, 6) is -1.09. The molecule has 2 aromatic rings. The molecular formula is C17H19NO2. The molecule has 0 saturated heterocycles. The van der Waals surface area contributed by atoms with E-state index in [0.29, 0.717) is 13.0 Å². The quantitative estimate of drug-likeness (QED) is 0.863. The summed E-state index contributed by atoms with van der Waals surface area (Å²) < 4.78 is 0. The van der Waals surface area contributed by atoms with Crippen molar-refractivity contribution in [1.29, 1.82) is 0 Å². The average molecular weight is 269 g/mol. The summed E-state index contributed by atoms with van der Waals surface area (Å²) >= 11 is 0. The Morgan fingerprint density at radius 3 is 1.85 bits per heavy atom. The predicted molar refractivity (Wildman–Crippen MR) is 81.3 cm³/mol. The van der Waals surface area contributed by atoms with Crippen LogP contribution >= 0.6 is 0 Å². The minimum absolute atomic E-state index is 0.343. The van der Waals surface area contributed by atoms with E-state index in [9.17, 15) is 4.79 Å². The van der Waals surface area contributed by atoms with Gasteiger partial charge in [-0.2, -0.15) is 0 Å². The first kappa shape index (κ1) is 14.1. The van der Waals surface area contributed by atoms with Crippen LogP contribution in [-0.4, -0.2) is 17.6 Å². The number of carboxylic acid groups (broad SMARTS) is 1. The van der Waals surface area contributed by atoms with Crippen LogP contribution in [0.1, 0.15) is 13.3 Å². The summed E-state index contributed by atoms with van der Waals surface area (Å²) in [6.45, 7) is 2.43. The minimum Gasteiger partial charge on any atom is -0.481 e. The van der Waals surface area contributed by atoms with Crippen molar-refractivity contribution >= 4 is 17.3 Å². The Bertz CT molecular complexity index is 500. The molecule has 0 fully saturated rings. The first-order valence-corrected chi connectivity index (χ1v) is 6.79. The highest BCUT2D eigenvalue weighted by Crippen LogP contribution is 2.25. The molecule has 0 bridgehead atoms. The van der Waals surface area contributed by atoms with Gasteiger partial charge in [0.1, 0.15) is 0 Å². The van der Waals surface area contributed by atoms with Crippen molar-refractivity contribution in [2.24, 2.45) is 5.92 Å². The van der Waals surface area contributed by atoms with E-state index in [1.165, 1.54) is 0 Å². The van der Waals surface area contributed by atoms with Crippen LogP contribution in [0.3, 0.4) is 0 Å². The maximum absolute atomic E-state index is 11.0. The average Bonchev–Trinajstić information content (AvgIpc) is 2.49. The maximum Gasteiger partial charge on any atom is 0.306 e. The lowest BCUT2D eigenvalue weighted by Crippen LogP contribution is -2.22. The van der Waals surface area contributed by atoms with E-state index in [0.717, 1.165) is 11.4 Å². The van der Waals surface area contributed by atoms with Gasteiger partial charge in [-0.15, -0.1) is 0 Å². The number of carbonyl (C=O) groups is 1. The third-order valence-electron chi connectivity index (χ3n) is 3.34. The lowest BCUT2D eigenvalue weighted by Gasteiger charge is -2.25. The summed E-state index contributed by atoms with van der Waals surface area (Å²) in [6, 6.07) is 20.1. The van der Waals surface area contributed by atoms with Crippen molar-refractivity contribution in [3.8, 4) is 0 Å². The van der Waals surface area contributed by atoms with Crippen molar-refractivity contribution in [1.82, 2.24) is 0 Å². The third kappa shape index (κ3) is 3.60. The van der Waals surface area contributed by atoms with Crippen molar-refractivity contribution in [2.45, 2.75) is 13.3 Å². The Morgan fingerprint density at radius 2 is 1.45 bits per heavy atom. The molecule has 3 heteroatoms. The van der Waals surface area contributed by atoms with Crippen LogP contribution < -0.4 is 4.90 Å². The fourth-order valence-corrected chi connectivity index (χ4v) is 2.07. The highest BCUT2D eigenvalue weighted by atomic mass is 16.4. The fraction of sp³-hybridized carbons (Fsp3) is 0.235. The van der Waals surface area contributed by atoms with Gasteiger partial charge in [0, 0.05) is 17.9 Å². The Labute approximate surface area is 119 Å². The molecule has 0 saturated carbocycles. The van der Waals surface area contributed by atoms with E-state index in [1.54, 1.807) is 6.92 Å². The molecule has 0 aliphatic carbocycles. The second kappa shape index (κ2) is 6.75. The number of benzene rings is 2. The summed E-state index contributed by atoms with van der Waals surface area (Å²) in [7, 11) is 0. The normalized spacial score (nSPS) is 11.8. The second-order valence-electron chi connectivity index (χ2n) is 4.85. The Hall–Kier alpha value is -2.29. The first-order valence-electron chi connectivity index (χ1n) is 6.79. The SMILES string of the molecule is CC(CCN(c1ccccc1)c1ccccc1)C(=O)O. The van der Waals surface area contributed by atoms with Crippen LogP contribution in [0, 0.1) is 5.92 Å². The van der Waals surface area contributed by atoms with Gasteiger partial charge in [0.25, 0.3) is 0 Å². The summed E-state index contributed by atoms with van der Waals surface area (Å²) in [5, 5.41) is 9.02. The molecule has 0 radical (unpaired) electrons. The zero-order valence-corrected chi connectivity index (χ0v) is 11.6. The van der Waals surface area contributed by atoms with Crippen molar-refractivity contribution < 1.29 is 9.90 Å². The number of para-hydroxylation sites is 2. The molecule has 20 heavy (non-hydrogen) atoms. The van der Waals surface area contributed by atoms with E-state index in [1.807, 2.05) is 60.7 Å². The number of rotatable bonds is 6. The molecule has 0 amide bonds.